The Labute approximate surface area is 166 Å². The second-order valence-electron chi connectivity index (χ2n) is 7.36. The molecule has 0 aliphatic heterocycles. The summed E-state index contributed by atoms with van der Waals surface area (Å²) in [4.78, 5) is 21.3. The van der Waals surface area contributed by atoms with Crippen molar-refractivity contribution in [3.63, 3.8) is 0 Å². The highest BCUT2D eigenvalue weighted by Crippen LogP contribution is 2.20. The number of aryl methyl sites for hydroxylation is 1. The largest absolute Gasteiger partial charge is 0.338 e. The van der Waals surface area contributed by atoms with Gasteiger partial charge in [-0.3, -0.25) is 0 Å². The van der Waals surface area contributed by atoms with E-state index in [1.807, 2.05) is 64.6 Å². The molecule has 3 rings (SSSR count). The Morgan fingerprint density at radius 2 is 1.75 bits per heavy atom. The van der Waals surface area contributed by atoms with Crippen molar-refractivity contribution in [3.8, 4) is 0 Å². The Morgan fingerprint density at radius 3 is 2.43 bits per heavy atom. The number of hydrogen-bond acceptors (Lipinski definition) is 3. The van der Waals surface area contributed by atoms with E-state index in [4.69, 9.17) is 0 Å². The summed E-state index contributed by atoms with van der Waals surface area (Å²) in [6.07, 6.45) is 0.689. The zero-order valence-electron chi connectivity index (χ0n) is 17.1. The molecule has 3 aromatic rings. The number of rotatable bonds is 7. The lowest BCUT2D eigenvalue weighted by atomic mass is 10.1. The van der Waals surface area contributed by atoms with Gasteiger partial charge in [0.05, 0.1) is 17.1 Å². The van der Waals surface area contributed by atoms with Crippen LogP contribution in [0.4, 0.5) is 4.79 Å². The maximum atomic E-state index is 12.8. The van der Waals surface area contributed by atoms with Gasteiger partial charge in [0.2, 0.25) is 0 Å². The first kappa shape index (κ1) is 19.9. The molecule has 1 atom stereocenters. The van der Waals surface area contributed by atoms with Crippen LogP contribution in [0.2, 0.25) is 0 Å². The Morgan fingerprint density at radius 1 is 1.07 bits per heavy atom. The van der Waals surface area contributed by atoms with Crippen molar-refractivity contribution in [1.29, 1.82) is 0 Å². The van der Waals surface area contributed by atoms with E-state index in [-0.39, 0.29) is 12.1 Å². The molecular formula is C22H29N5O. The minimum Gasteiger partial charge on any atom is -0.338 e. The van der Waals surface area contributed by atoms with Crippen molar-refractivity contribution in [2.75, 3.05) is 34.2 Å². The molecule has 6 nitrogen and oxygen atoms in total. The number of amides is 2. The minimum atomic E-state index is -0.0746. The molecule has 0 fully saturated rings. The Bertz CT molecular complexity index is 919. The molecular weight excluding hydrogens is 350 g/mol. The molecule has 6 heteroatoms. The Balaban J connectivity index is 1.63. The molecule has 1 aromatic heterocycles. The molecule has 0 aliphatic carbocycles. The molecule has 2 aromatic carbocycles. The molecule has 28 heavy (non-hydrogen) atoms. The minimum absolute atomic E-state index is 0.00745. The zero-order valence-corrected chi connectivity index (χ0v) is 17.1. The highest BCUT2D eigenvalue weighted by Gasteiger charge is 2.22. The third-order valence-electron chi connectivity index (χ3n) is 5.01. The van der Waals surface area contributed by atoms with E-state index in [0.29, 0.717) is 13.0 Å². The van der Waals surface area contributed by atoms with Gasteiger partial charge in [0.25, 0.3) is 0 Å². The van der Waals surface area contributed by atoms with Crippen molar-refractivity contribution >= 4 is 17.1 Å². The summed E-state index contributed by atoms with van der Waals surface area (Å²) in [5, 5.41) is 3.04. The molecule has 0 saturated carbocycles. The average Bonchev–Trinajstić information content (AvgIpc) is 3.02. The molecule has 2 amide bonds. The van der Waals surface area contributed by atoms with Gasteiger partial charge in [-0.1, -0.05) is 42.5 Å². The van der Waals surface area contributed by atoms with Gasteiger partial charge in [0.1, 0.15) is 5.82 Å². The molecule has 1 N–H and O–H groups in total. The van der Waals surface area contributed by atoms with E-state index in [9.17, 15) is 4.79 Å². The van der Waals surface area contributed by atoms with Gasteiger partial charge in [-0.05, 0) is 31.8 Å². The van der Waals surface area contributed by atoms with Gasteiger partial charge in [-0.2, -0.15) is 0 Å². The van der Waals surface area contributed by atoms with Crippen molar-refractivity contribution in [1.82, 2.24) is 24.7 Å². The highest BCUT2D eigenvalue weighted by molar-refractivity contribution is 5.76. The van der Waals surface area contributed by atoms with Crippen LogP contribution >= 0.6 is 0 Å². The topological polar surface area (TPSA) is 53.4 Å². The fourth-order valence-corrected chi connectivity index (χ4v) is 3.44. The predicted molar refractivity (Wildman–Crippen MR) is 113 cm³/mol. The van der Waals surface area contributed by atoms with Crippen molar-refractivity contribution in [3.05, 3.63) is 66.0 Å². The van der Waals surface area contributed by atoms with Crippen LogP contribution in [0.15, 0.2) is 54.6 Å². The van der Waals surface area contributed by atoms with Crippen LogP contribution in [-0.4, -0.2) is 59.6 Å². The Kier molecular flexibility index (Phi) is 6.31. The summed E-state index contributed by atoms with van der Waals surface area (Å²) in [6, 6.07) is 18.1. The maximum absolute atomic E-state index is 12.8. The summed E-state index contributed by atoms with van der Waals surface area (Å²) in [5.74, 6) is 0.969. The predicted octanol–water partition coefficient (Wildman–Crippen LogP) is 3.06. The maximum Gasteiger partial charge on any atom is 0.317 e. The standard InChI is InChI=1S/C22H29N5O/c1-25(2)16-20(17-10-6-5-7-11-17)27(4)22(28)23-15-14-21-24-18-12-8-9-13-19(18)26(21)3/h5-13,20H,14-16H2,1-4H3,(H,23,28)/t20-/m0/s1. The van der Waals surface area contributed by atoms with Crippen molar-refractivity contribution in [2.24, 2.45) is 7.05 Å². The van der Waals surface area contributed by atoms with Crippen LogP contribution in [0.25, 0.3) is 11.0 Å². The molecule has 148 valence electrons. The van der Waals surface area contributed by atoms with Gasteiger partial charge >= 0.3 is 6.03 Å². The number of urea groups is 1. The number of nitrogens with zero attached hydrogens (tertiary/aromatic N) is 4. The number of aromatic nitrogens is 2. The molecule has 0 unspecified atom stereocenters. The molecule has 0 bridgehead atoms. The molecule has 0 radical (unpaired) electrons. The smallest absolute Gasteiger partial charge is 0.317 e. The van der Waals surface area contributed by atoms with Crippen LogP contribution in [0.1, 0.15) is 17.4 Å². The van der Waals surface area contributed by atoms with E-state index in [2.05, 4.69) is 38.0 Å². The fraction of sp³-hybridized carbons (Fsp3) is 0.364. The first-order valence-corrected chi connectivity index (χ1v) is 9.58. The molecule has 0 aliphatic rings. The number of fused-ring (bicyclic) bond motifs is 1. The van der Waals surface area contributed by atoms with Crippen LogP contribution in [0.5, 0.6) is 0 Å². The molecule has 1 heterocycles. The second-order valence-corrected chi connectivity index (χ2v) is 7.36. The van der Waals surface area contributed by atoms with Gasteiger partial charge in [0.15, 0.2) is 0 Å². The van der Waals surface area contributed by atoms with E-state index >= 15 is 0 Å². The number of imidazole rings is 1. The number of para-hydroxylation sites is 2. The van der Waals surface area contributed by atoms with E-state index in [1.54, 1.807) is 4.90 Å². The molecule has 0 saturated heterocycles. The SMILES string of the molecule is CN(C)C[C@@H](c1ccccc1)N(C)C(=O)NCCc1nc2ccccc2n1C. The lowest BCUT2D eigenvalue weighted by Gasteiger charge is -2.31. The number of hydrogen-bond donors (Lipinski definition) is 1. The van der Waals surface area contributed by atoms with Gasteiger partial charge in [-0.15, -0.1) is 0 Å². The van der Waals surface area contributed by atoms with Crippen LogP contribution in [0.3, 0.4) is 0 Å². The summed E-state index contributed by atoms with van der Waals surface area (Å²) in [5.41, 5.74) is 3.22. The number of nitrogens with one attached hydrogen (secondary N) is 1. The monoisotopic (exact) mass is 379 g/mol. The first-order valence-electron chi connectivity index (χ1n) is 9.58. The zero-order chi connectivity index (χ0) is 20.1. The first-order chi connectivity index (χ1) is 13.5. The van der Waals surface area contributed by atoms with Crippen LogP contribution < -0.4 is 5.32 Å². The van der Waals surface area contributed by atoms with Crippen LogP contribution in [0, 0.1) is 0 Å². The fourth-order valence-electron chi connectivity index (χ4n) is 3.44. The second kappa shape index (κ2) is 8.89. The molecule has 0 spiro atoms. The third kappa shape index (κ3) is 4.51. The third-order valence-corrected chi connectivity index (χ3v) is 5.01. The average molecular weight is 380 g/mol. The number of likely N-dealkylation sites (N-methyl/N-ethyl adjacent to an activating group) is 2. The summed E-state index contributed by atoms with van der Waals surface area (Å²) >= 11 is 0. The van der Waals surface area contributed by atoms with E-state index < -0.39 is 0 Å². The van der Waals surface area contributed by atoms with Crippen LogP contribution in [-0.2, 0) is 13.5 Å². The number of carbonyl (C=O) groups is 1. The van der Waals surface area contributed by atoms with Gasteiger partial charge < -0.3 is 19.7 Å². The van der Waals surface area contributed by atoms with Crippen molar-refractivity contribution in [2.45, 2.75) is 12.5 Å². The highest BCUT2D eigenvalue weighted by atomic mass is 16.2. The lowest BCUT2D eigenvalue weighted by Crippen LogP contribution is -2.43. The van der Waals surface area contributed by atoms with Gasteiger partial charge in [0, 0.05) is 33.6 Å². The Hall–Kier alpha value is -2.86. The number of carbonyl (C=O) groups excluding carboxylic acids is 1. The quantitative estimate of drug-likeness (QED) is 0.686. The van der Waals surface area contributed by atoms with Crippen molar-refractivity contribution < 1.29 is 4.79 Å². The summed E-state index contributed by atoms with van der Waals surface area (Å²) in [7, 11) is 7.91. The number of benzene rings is 2. The summed E-state index contributed by atoms with van der Waals surface area (Å²) < 4.78 is 2.09. The normalized spacial score (nSPS) is 12.3. The summed E-state index contributed by atoms with van der Waals surface area (Å²) in [6.45, 7) is 1.31. The van der Waals surface area contributed by atoms with Gasteiger partial charge in [-0.25, -0.2) is 9.78 Å². The van der Waals surface area contributed by atoms with E-state index in [1.165, 1.54) is 0 Å². The van der Waals surface area contributed by atoms with E-state index in [0.717, 1.165) is 29.0 Å². The lowest BCUT2D eigenvalue weighted by molar-refractivity contribution is 0.176.